The lowest BCUT2D eigenvalue weighted by atomic mass is 10.1. The van der Waals surface area contributed by atoms with Gasteiger partial charge in [0.05, 0.1) is 26.0 Å². The van der Waals surface area contributed by atoms with Crippen LogP contribution in [0.15, 0.2) is 65.3 Å². The standard InChI is InChI=1S/C33H39N7O7/c1-44-27-19-23-25(20-28(27)45-2)35-32(40-16-14-39(15-17-40)31(42)26-12-8-18-46-26)38-29(23)37-30(41)24(11-6-7-13-34)36-33(43)47-21-22-9-4-3-5-10-22/h3-5,8-10,12,18-20,24H,6-7,11,13-17,21,34H2,1-2H3,(H,36,43)(H,35,37,38,41)/t24-/m0/s1. The molecular weight excluding hydrogens is 606 g/mol. The van der Waals surface area contributed by atoms with Crippen molar-refractivity contribution in [2.75, 3.05) is 57.2 Å². The van der Waals surface area contributed by atoms with Gasteiger partial charge in [0.2, 0.25) is 11.9 Å². The number of hydrogen-bond acceptors (Lipinski definition) is 11. The van der Waals surface area contributed by atoms with E-state index in [1.54, 1.807) is 29.2 Å². The number of carbonyl (C=O) groups excluding carboxylic acids is 3. The average molecular weight is 646 g/mol. The first-order valence-electron chi connectivity index (χ1n) is 15.4. The first-order valence-corrected chi connectivity index (χ1v) is 15.4. The molecule has 0 spiro atoms. The quantitative estimate of drug-likeness (QED) is 0.181. The molecule has 4 aromatic rings. The zero-order valence-electron chi connectivity index (χ0n) is 26.4. The third-order valence-electron chi connectivity index (χ3n) is 7.78. The van der Waals surface area contributed by atoms with Crippen LogP contribution in [0, 0.1) is 0 Å². The summed E-state index contributed by atoms with van der Waals surface area (Å²) in [7, 11) is 3.04. The number of nitrogens with two attached hydrogens (primary N) is 1. The fourth-order valence-corrected chi connectivity index (χ4v) is 5.22. The van der Waals surface area contributed by atoms with E-state index in [0.29, 0.717) is 80.3 Å². The summed E-state index contributed by atoms with van der Waals surface area (Å²) in [6.07, 6.45) is 2.37. The Labute approximate surface area is 272 Å². The van der Waals surface area contributed by atoms with Gasteiger partial charge in [-0.05, 0) is 49.6 Å². The minimum absolute atomic E-state index is 0.0612. The minimum atomic E-state index is -0.922. The molecule has 2 aromatic carbocycles. The third-order valence-corrected chi connectivity index (χ3v) is 7.78. The second-order valence-corrected chi connectivity index (χ2v) is 10.9. The van der Waals surface area contributed by atoms with Gasteiger partial charge in [-0.15, -0.1) is 0 Å². The molecule has 0 unspecified atom stereocenters. The average Bonchev–Trinajstić information content (AvgIpc) is 3.65. The van der Waals surface area contributed by atoms with Crippen LogP contribution in [-0.2, 0) is 16.1 Å². The lowest BCUT2D eigenvalue weighted by Gasteiger charge is -2.34. The van der Waals surface area contributed by atoms with Crippen molar-refractivity contribution < 1.29 is 33.0 Å². The van der Waals surface area contributed by atoms with E-state index in [0.717, 1.165) is 5.56 Å². The van der Waals surface area contributed by atoms with Crippen molar-refractivity contribution in [3.05, 3.63) is 72.2 Å². The highest BCUT2D eigenvalue weighted by Gasteiger charge is 2.27. The molecule has 0 bridgehead atoms. The van der Waals surface area contributed by atoms with Crippen molar-refractivity contribution in [3.8, 4) is 11.5 Å². The molecule has 4 N–H and O–H groups in total. The van der Waals surface area contributed by atoms with Crippen LogP contribution in [0.25, 0.3) is 10.9 Å². The molecule has 1 fully saturated rings. The number of hydrogen-bond donors (Lipinski definition) is 3. The first kappa shape index (κ1) is 33.0. The van der Waals surface area contributed by atoms with Crippen molar-refractivity contribution in [2.45, 2.75) is 31.9 Å². The van der Waals surface area contributed by atoms with Crippen LogP contribution < -0.4 is 30.7 Å². The highest BCUT2D eigenvalue weighted by molar-refractivity contribution is 6.03. The van der Waals surface area contributed by atoms with E-state index in [4.69, 9.17) is 34.3 Å². The van der Waals surface area contributed by atoms with Gasteiger partial charge < -0.3 is 44.8 Å². The van der Waals surface area contributed by atoms with Gasteiger partial charge in [-0.25, -0.2) is 9.78 Å². The second kappa shape index (κ2) is 15.8. The number of nitrogens with zero attached hydrogens (tertiary/aromatic N) is 4. The molecule has 3 heterocycles. The monoisotopic (exact) mass is 645 g/mol. The van der Waals surface area contributed by atoms with Gasteiger partial charge in [-0.1, -0.05) is 30.3 Å². The summed E-state index contributed by atoms with van der Waals surface area (Å²) in [4.78, 5) is 52.5. The summed E-state index contributed by atoms with van der Waals surface area (Å²) >= 11 is 0. The number of anilines is 2. The Morgan fingerprint density at radius 1 is 0.957 bits per heavy atom. The number of ether oxygens (including phenoxy) is 3. The Kier molecular flexibility index (Phi) is 11.1. The number of carbonyl (C=O) groups is 3. The van der Waals surface area contributed by atoms with Crippen LogP contribution in [0.4, 0.5) is 16.6 Å². The zero-order valence-corrected chi connectivity index (χ0v) is 26.4. The normalized spacial score (nSPS) is 13.6. The van der Waals surface area contributed by atoms with Gasteiger partial charge in [0.15, 0.2) is 17.3 Å². The maximum atomic E-state index is 13.8. The highest BCUT2D eigenvalue weighted by atomic mass is 16.5. The predicted octanol–water partition coefficient (Wildman–Crippen LogP) is 3.56. The Balaban J connectivity index is 1.38. The number of piperazine rings is 1. The Hall–Kier alpha value is -5.37. The molecule has 1 atom stereocenters. The van der Waals surface area contributed by atoms with Crippen LogP contribution in [-0.4, -0.2) is 85.8 Å². The molecule has 1 saturated heterocycles. The number of amides is 3. The Morgan fingerprint density at radius 3 is 2.38 bits per heavy atom. The molecule has 47 heavy (non-hydrogen) atoms. The first-order chi connectivity index (χ1) is 22.9. The van der Waals surface area contributed by atoms with Crippen molar-refractivity contribution in [1.82, 2.24) is 20.2 Å². The maximum Gasteiger partial charge on any atom is 0.408 e. The van der Waals surface area contributed by atoms with Gasteiger partial charge in [0.1, 0.15) is 18.5 Å². The number of aromatic nitrogens is 2. The maximum absolute atomic E-state index is 13.8. The van der Waals surface area contributed by atoms with Crippen molar-refractivity contribution >= 4 is 40.6 Å². The van der Waals surface area contributed by atoms with Gasteiger partial charge in [0.25, 0.3) is 5.91 Å². The number of nitrogens with one attached hydrogen (secondary N) is 2. The molecule has 1 aliphatic rings. The largest absolute Gasteiger partial charge is 0.493 e. The Bertz CT molecular complexity index is 1660. The topological polar surface area (TPSA) is 174 Å². The van der Waals surface area contributed by atoms with E-state index in [-0.39, 0.29) is 24.1 Å². The van der Waals surface area contributed by atoms with Gasteiger partial charge in [0, 0.05) is 37.6 Å². The molecular formula is C33H39N7O7. The summed E-state index contributed by atoms with van der Waals surface area (Å²) in [6.45, 7) is 2.27. The van der Waals surface area contributed by atoms with E-state index in [9.17, 15) is 14.4 Å². The van der Waals surface area contributed by atoms with Crippen LogP contribution in [0.3, 0.4) is 0 Å². The molecule has 0 aliphatic carbocycles. The van der Waals surface area contributed by atoms with Crippen molar-refractivity contribution in [3.63, 3.8) is 0 Å². The highest BCUT2D eigenvalue weighted by Crippen LogP contribution is 2.35. The van der Waals surface area contributed by atoms with Gasteiger partial charge in [-0.2, -0.15) is 4.98 Å². The van der Waals surface area contributed by atoms with E-state index in [1.807, 2.05) is 35.2 Å². The fraction of sp³-hybridized carbons (Fsp3) is 0.364. The predicted molar refractivity (Wildman–Crippen MR) is 175 cm³/mol. The minimum Gasteiger partial charge on any atom is -0.493 e. The SMILES string of the molecule is COc1cc2nc(N3CCN(C(=O)c4ccco4)CC3)nc(NC(=O)[C@H](CCCCN)NC(=O)OCc3ccccc3)c2cc1OC. The molecule has 14 heteroatoms. The lowest BCUT2D eigenvalue weighted by molar-refractivity contribution is -0.118. The fourth-order valence-electron chi connectivity index (χ4n) is 5.22. The number of unbranched alkanes of at least 4 members (excludes halogenated alkanes) is 1. The molecule has 2 aromatic heterocycles. The van der Waals surface area contributed by atoms with Crippen molar-refractivity contribution in [1.29, 1.82) is 0 Å². The van der Waals surface area contributed by atoms with E-state index in [2.05, 4.69) is 10.6 Å². The van der Waals surface area contributed by atoms with Gasteiger partial charge in [-0.3, -0.25) is 9.59 Å². The van der Waals surface area contributed by atoms with E-state index in [1.165, 1.54) is 20.5 Å². The number of rotatable bonds is 13. The smallest absolute Gasteiger partial charge is 0.408 e. The van der Waals surface area contributed by atoms with E-state index >= 15 is 0 Å². The molecule has 248 valence electrons. The zero-order chi connectivity index (χ0) is 33.2. The molecule has 1 aliphatic heterocycles. The third kappa shape index (κ3) is 8.27. The molecule has 5 rings (SSSR count). The van der Waals surface area contributed by atoms with Gasteiger partial charge >= 0.3 is 6.09 Å². The summed E-state index contributed by atoms with van der Waals surface area (Å²) in [6, 6.07) is 15.1. The van der Waals surface area contributed by atoms with Crippen LogP contribution >= 0.6 is 0 Å². The molecule has 0 radical (unpaired) electrons. The molecule has 14 nitrogen and oxygen atoms in total. The van der Waals surface area contributed by atoms with Crippen molar-refractivity contribution in [2.24, 2.45) is 5.73 Å². The number of benzene rings is 2. The van der Waals surface area contributed by atoms with Crippen LogP contribution in [0.1, 0.15) is 35.4 Å². The summed E-state index contributed by atoms with van der Waals surface area (Å²) < 4.78 is 21.7. The summed E-state index contributed by atoms with van der Waals surface area (Å²) in [5.41, 5.74) is 7.02. The van der Waals surface area contributed by atoms with E-state index < -0.39 is 18.0 Å². The number of furan rings is 1. The second-order valence-electron chi connectivity index (χ2n) is 10.9. The lowest BCUT2D eigenvalue weighted by Crippen LogP contribution is -2.49. The number of fused-ring (bicyclic) bond motifs is 1. The number of methoxy groups -OCH3 is 2. The summed E-state index contributed by atoms with van der Waals surface area (Å²) in [5, 5.41) is 6.13. The number of alkyl carbamates (subject to hydrolysis) is 1. The Morgan fingerprint density at radius 2 is 1.70 bits per heavy atom. The molecule has 0 saturated carbocycles. The summed E-state index contributed by atoms with van der Waals surface area (Å²) in [5.74, 6) is 1.10. The van der Waals surface area contributed by atoms with Crippen LogP contribution in [0.5, 0.6) is 11.5 Å². The molecule has 3 amide bonds. The van der Waals surface area contributed by atoms with Crippen LogP contribution in [0.2, 0.25) is 0 Å².